The number of hydrogen-bond donors (Lipinski definition) is 2. The Balaban J connectivity index is 1.93. The molecular weight excluding hydrogens is 322 g/mol. The van der Waals surface area contributed by atoms with Gasteiger partial charge >= 0.3 is 0 Å². The number of fused-ring (bicyclic) bond motifs is 1. The summed E-state index contributed by atoms with van der Waals surface area (Å²) < 4.78 is 27.8. The minimum Gasteiger partial charge on any atom is -0.351 e. The lowest BCUT2D eigenvalue weighted by atomic mass is 10.2. The first kappa shape index (κ1) is 15.2. The quantitative estimate of drug-likeness (QED) is 0.697. The van der Waals surface area contributed by atoms with Gasteiger partial charge in [0.2, 0.25) is 0 Å². The maximum absolute atomic E-state index is 13.9. The highest BCUT2D eigenvalue weighted by molar-refractivity contribution is 6.31. The lowest BCUT2D eigenvalue weighted by Crippen LogP contribution is -2.14. The molecule has 0 aliphatic carbocycles. The highest BCUT2D eigenvalue weighted by atomic mass is 35.5. The molecule has 116 valence electrons. The average Bonchev–Trinajstić information content (AvgIpc) is 2.93. The molecule has 3 rings (SSSR count). The summed E-state index contributed by atoms with van der Waals surface area (Å²) in [5.74, 6) is -2.39. The summed E-state index contributed by atoms with van der Waals surface area (Å²) in [6.07, 6.45) is 1.32. The minimum absolute atomic E-state index is 0.175. The van der Waals surface area contributed by atoms with E-state index in [0.717, 1.165) is 17.5 Å². The number of rotatable bonds is 3. The number of benzene rings is 2. The molecule has 0 aliphatic rings. The Labute approximate surface area is 135 Å². The van der Waals surface area contributed by atoms with Crippen LogP contribution in [0.3, 0.4) is 0 Å². The van der Waals surface area contributed by atoms with Gasteiger partial charge < -0.3 is 10.3 Å². The summed E-state index contributed by atoms with van der Waals surface area (Å²) in [5, 5.41) is 3.49. The van der Waals surface area contributed by atoms with Gasteiger partial charge in [0.1, 0.15) is 23.0 Å². The second-order valence-corrected chi connectivity index (χ2v) is 5.37. The zero-order valence-electron chi connectivity index (χ0n) is 11.8. The third-order valence-electron chi connectivity index (χ3n) is 3.37. The number of aromatic nitrogens is 1. The fourth-order valence-corrected chi connectivity index (χ4v) is 2.42. The lowest BCUT2D eigenvalue weighted by molar-refractivity contribution is 0.102. The monoisotopic (exact) mass is 332 g/mol. The predicted molar refractivity (Wildman–Crippen MR) is 87.7 cm³/mol. The summed E-state index contributed by atoms with van der Waals surface area (Å²) in [7, 11) is 0. The van der Waals surface area contributed by atoms with E-state index in [4.69, 9.17) is 11.6 Å². The third-order valence-corrected chi connectivity index (χ3v) is 3.60. The molecule has 23 heavy (non-hydrogen) atoms. The zero-order chi connectivity index (χ0) is 16.6. The van der Waals surface area contributed by atoms with Crippen LogP contribution in [-0.4, -0.2) is 10.9 Å². The molecule has 2 aromatic carbocycles. The van der Waals surface area contributed by atoms with Crippen LogP contribution in [0.25, 0.3) is 17.0 Å². The first-order valence-corrected chi connectivity index (χ1v) is 7.07. The molecule has 0 aliphatic heterocycles. The molecule has 0 radical (unpaired) electrons. The molecule has 3 aromatic rings. The molecule has 6 heteroatoms. The van der Waals surface area contributed by atoms with Crippen molar-refractivity contribution in [3.8, 4) is 0 Å². The van der Waals surface area contributed by atoms with Gasteiger partial charge in [-0.2, -0.15) is 0 Å². The molecule has 0 saturated heterocycles. The van der Waals surface area contributed by atoms with E-state index in [1.165, 1.54) is 6.08 Å². The largest absolute Gasteiger partial charge is 0.351 e. The van der Waals surface area contributed by atoms with Gasteiger partial charge in [0.15, 0.2) is 0 Å². The van der Waals surface area contributed by atoms with Crippen LogP contribution in [0.4, 0.5) is 14.5 Å². The van der Waals surface area contributed by atoms with E-state index in [-0.39, 0.29) is 5.69 Å². The van der Waals surface area contributed by atoms with Gasteiger partial charge in [-0.1, -0.05) is 24.3 Å². The Morgan fingerprint density at radius 3 is 2.52 bits per heavy atom. The Morgan fingerprint density at radius 2 is 1.87 bits per heavy atom. The van der Waals surface area contributed by atoms with Crippen LogP contribution in [-0.2, 0) is 0 Å². The molecule has 1 heterocycles. The Hall–Kier alpha value is -2.66. The van der Waals surface area contributed by atoms with Crippen LogP contribution in [0.5, 0.6) is 0 Å². The van der Waals surface area contributed by atoms with Crippen LogP contribution in [0.15, 0.2) is 43.0 Å². The number of carbonyl (C=O) groups excluding carboxylic acids is 1. The highest BCUT2D eigenvalue weighted by Crippen LogP contribution is 2.24. The topological polar surface area (TPSA) is 44.9 Å². The molecule has 0 bridgehead atoms. The molecular formula is C17H11ClF2N2O. The van der Waals surface area contributed by atoms with Gasteiger partial charge in [0, 0.05) is 15.9 Å². The van der Waals surface area contributed by atoms with E-state index in [2.05, 4.69) is 16.9 Å². The number of hydrogen-bond acceptors (Lipinski definition) is 1. The molecule has 0 spiro atoms. The number of H-pyrrole nitrogens is 1. The molecule has 0 fully saturated rings. The van der Waals surface area contributed by atoms with Gasteiger partial charge in [0.05, 0.1) is 0 Å². The number of aromatic amines is 1. The third kappa shape index (κ3) is 2.96. The fraction of sp³-hybridized carbons (Fsp3) is 0. The van der Waals surface area contributed by atoms with Gasteiger partial charge in [0.25, 0.3) is 5.91 Å². The summed E-state index contributed by atoms with van der Waals surface area (Å²) >= 11 is 5.89. The number of halogens is 3. The first-order chi connectivity index (χ1) is 11.0. The van der Waals surface area contributed by atoms with Crippen molar-refractivity contribution in [1.29, 1.82) is 0 Å². The second-order valence-electron chi connectivity index (χ2n) is 4.93. The zero-order valence-corrected chi connectivity index (χ0v) is 12.5. The fourth-order valence-electron chi connectivity index (χ4n) is 2.24. The number of anilines is 1. The molecule has 1 aromatic heterocycles. The van der Waals surface area contributed by atoms with Crippen molar-refractivity contribution < 1.29 is 13.6 Å². The van der Waals surface area contributed by atoms with Crippen LogP contribution in [0.2, 0.25) is 5.02 Å². The van der Waals surface area contributed by atoms with Crippen molar-refractivity contribution in [2.75, 3.05) is 5.32 Å². The standard InChI is InChI=1S/C17H11ClF2N2O/c1-2-9-5-12(19)16(13(20)6-9)22-17(23)15-8-10-7-11(18)3-4-14(10)21-15/h2-8,21H,1H2,(H,22,23). The van der Waals surface area contributed by atoms with Crippen LogP contribution >= 0.6 is 11.6 Å². The predicted octanol–water partition coefficient (Wildman–Crippen LogP) is 4.99. The van der Waals surface area contributed by atoms with E-state index in [0.29, 0.717) is 16.1 Å². The summed E-state index contributed by atoms with van der Waals surface area (Å²) in [6.45, 7) is 3.45. The van der Waals surface area contributed by atoms with Gasteiger partial charge in [-0.3, -0.25) is 4.79 Å². The van der Waals surface area contributed by atoms with Gasteiger partial charge in [-0.05, 0) is 42.0 Å². The smallest absolute Gasteiger partial charge is 0.272 e. The Morgan fingerprint density at radius 1 is 1.17 bits per heavy atom. The highest BCUT2D eigenvalue weighted by Gasteiger charge is 2.16. The lowest BCUT2D eigenvalue weighted by Gasteiger charge is -2.07. The number of nitrogens with one attached hydrogen (secondary N) is 2. The second kappa shape index (κ2) is 5.85. The molecule has 0 atom stereocenters. The first-order valence-electron chi connectivity index (χ1n) is 6.69. The normalized spacial score (nSPS) is 10.7. The molecule has 0 saturated carbocycles. The number of amides is 1. The van der Waals surface area contributed by atoms with Crippen LogP contribution < -0.4 is 5.32 Å². The maximum atomic E-state index is 13.9. The summed E-state index contributed by atoms with van der Waals surface area (Å²) in [5.41, 5.74) is 0.659. The van der Waals surface area contributed by atoms with Crippen molar-refractivity contribution in [3.05, 3.63) is 70.9 Å². The summed E-state index contributed by atoms with van der Waals surface area (Å²) in [6, 6.07) is 8.83. The van der Waals surface area contributed by atoms with Crippen molar-refractivity contribution in [3.63, 3.8) is 0 Å². The number of carbonyl (C=O) groups is 1. The van der Waals surface area contributed by atoms with Crippen molar-refractivity contribution in [2.24, 2.45) is 0 Å². The average molecular weight is 333 g/mol. The van der Waals surface area contributed by atoms with E-state index in [9.17, 15) is 13.6 Å². The van der Waals surface area contributed by atoms with Crippen LogP contribution in [0.1, 0.15) is 16.1 Å². The molecule has 3 nitrogen and oxygen atoms in total. The van der Waals surface area contributed by atoms with Crippen LogP contribution in [0, 0.1) is 11.6 Å². The van der Waals surface area contributed by atoms with Crippen molar-refractivity contribution >= 4 is 40.2 Å². The minimum atomic E-state index is -0.868. The van der Waals surface area contributed by atoms with E-state index >= 15 is 0 Å². The Kier molecular flexibility index (Phi) is 3.88. The maximum Gasteiger partial charge on any atom is 0.272 e. The summed E-state index contributed by atoms with van der Waals surface area (Å²) in [4.78, 5) is 15.1. The molecule has 2 N–H and O–H groups in total. The van der Waals surface area contributed by atoms with E-state index in [1.54, 1.807) is 24.3 Å². The van der Waals surface area contributed by atoms with Gasteiger partial charge in [-0.15, -0.1) is 0 Å². The Bertz CT molecular complexity index is 910. The van der Waals surface area contributed by atoms with Crippen molar-refractivity contribution in [1.82, 2.24) is 4.98 Å². The van der Waals surface area contributed by atoms with Crippen molar-refractivity contribution in [2.45, 2.75) is 0 Å². The SMILES string of the molecule is C=Cc1cc(F)c(NC(=O)c2cc3cc(Cl)ccc3[nH]2)c(F)c1. The molecule has 1 amide bonds. The molecule has 0 unspecified atom stereocenters. The van der Waals surface area contributed by atoms with E-state index in [1.807, 2.05) is 0 Å². The van der Waals surface area contributed by atoms with Gasteiger partial charge in [-0.25, -0.2) is 8.78 Å². The van der Waals surface area contributed by atoms with E-state index < -0.39 is 23.2 Å².